The maximum atomic E-state index is 11.7. The van der Waals surface area contributed by atoms with E-state index in [1.54, 1.807) is 0 Å². The highest BCUT2D eigenvalue weighted by atomic mass is 16.5. The Morgan fingerprint density at radius 1 is 0.656 bits per heavy atom. The van der Waals surface area contributed by atoms with Crippen LogP contribution in [0.2, 0.25) is 0 Å². The minimum Gasteiger partial charge on any atom is -0.468 e. The van der Waals surface area contributed by atoms with Gasteiger partial charge in [-0.15, -0.1) is 0 Å². The Hall–Kier alpha value is -3.28. The quantitative estimate of drug-likeness (QED) is 0.535. The van der Waals surface area contributed by atoms with Gasteiger partial charge in [-0.3, -0.25) is 19.2 Å². The van der Waals surface area contributed by atoms with Gasteiger partial charge in [-0.05, 0) is 24.0 Å². The molecule has 4 atom stereocenters. The molecule has 2 aromatic carbocycles. The van der Waals surface area contributed by atoms with E-state index in [0.29, 0.717) is 12.8 Å². The summed E-state index contributed by atoms with van der Waals surface area (Å²) in [5, 5.41) is 0. The third-order valence-corrected chi connectivity index (χ3v) is 6.27. The van der Waals surface area contributed by atoms with E-state index in [1.807, 2.05) is 60.7 Å². The highest BCUT2D eigenvalue weighted by Gasteiger charge is 2.42. The molecule has 0 radical (unpaired) electrons. The van der Waals surface area contributed by atoms with Crippen molar-refractivity contribution < 1.29 is 28.7 Å². The molecule has 2 aromatic rings. The van der Waals surface area contributed by atoms with Gasteiger partial charge in [0.05, 0.1) is 14.2 Å². The van der Waals surface area contributed by atoms with Gasteiger partial charge in [-0.2, -0.15) is 0 Å². The van der Waals surface area contributed by atoms with Gasteiger partial charge >= 0.3 is 11.9 Å². The van der Waals surface area contributed by atoms with E-state index in [4.69, 9.17) is 9.47 Å². The molecule has 4 rings (SSSR count). The lowest BCUT2D eigenvalue weighted by atomic mass is 9.89. The fourth-order valence-corrected chi connectivity index (χ4v) is 4.65. The summed E-state index contributed by atoms with van der Waals surface area (Å²) in [5.74, 6) is -2.05. The fourth-order valence-electron chi connectivity index (χ4n) is 4.65. The Bertz CT molecular complexity index is 873. The number of methoxy groups -OCH3 is 2. The van der Waals surface area contributed by atoms with Crippen LogP contribution in [0.25, 0.3) is 0 Å². The second kappa shape index (κ2) is 10.8. The SMILES string of the molecule is COC(=O)[C@@H]1C(=O)CC[C@H]1c1ccccc1.COC(=O)[C@H]1C(=O)CC[C@@H]1c1ccccc1. The van der Waals surface area contributed by atoms with Gasteiger partial charge in [0.1, 0.15) is 23.4 Å². The third kappa shape index (κ3) is 5.13. The van der Waals surface area contributed by atoms with E-state index in [9.17, 15) is 19.2 Å². The van der Waals surface area contributed by atoms with Crippen LogP contribution in [-0.2, 0) is 28.7 Å². The number of carbonyl (C=O) groups excluding carboxylic acids is 4. The van der Waals surface area contributed by atoms with Crippen LogP contribution in [0.15, 0.2) is 60.7 Å². The van der Waals surface area contributed by atoms with Gasteiger partial charge in [0, 0.05) is 24.7 Å². The smallest absolute Gasteiger partial charge is 0.316 e. The molecule has 0 heterocycles. The first kappa shape index (κ1) is 23.4. The molecule has 32 heavy (non-hydrogen) atoms. The topological polar surface area (TPSA) is 86.7 Å². The van der Waals surface area contributed by atoms with Gasteiger partial charge in [-0.25, -0.2) is 0 Å². The monoisotopic (exact) mass is 436 g/mol. The maximum absolute atomic E-state index is 11.7. The van der Waals surface area contributed by atoms with Gasteiger partial charge < -0.3 is 9.47 Å². The molecule has 0 bridgehead atoms. The average molecular weight is 437 g/mol. The molecule has 0 aliphatic heterocycles. The Labute approximate surface area is 187 Å². The lowest BCUT2D eigenvalue weighted by Crippen LogP contribution is -2.25. The van der Waals surface area contributed by atoms with Crippen LogP contribution in [0.4, 0.5) is 0 Å². The summed E-state index contributed by atoms with van der Waals surface area (Å²) in [7, 11) is 2.66. The Morgan fingerprint density at radius 3 is 1.31 bits per heavy atom. The van der Waals surface area contributed by atoms with Gasteiger partial charge in [0.25, 0.3) is 0 Å². The second-order valence-electron chi connectivity index (χ2n) is 8.05. The maximum Gasteiger partial charge on any atom is 0.316 e. The number of benzene rings is 2. The number of hydrogen-bond donors (Lipinski definition) is 0. The third-order valence-electron chi connectivity index (χ3n) is 6.27. The molecule has 0 unspecified atom stereocenters. The summed E-state index contributed by atoms with van der Waals surface area (Å²) >= 11 is 0. The van der Waals surface area contributed by atoms with Crippen molar-refractivity contribution in [2.45, 2.75) is 37.5 Å². The minimum atomic E-state index is -0.604. The molecule has 2 aliphatic rings. The first-order chi connectivity index (χ1) is 15.5. The number of ether oxygens (including phenoxy) is 2. The molecule has 2 saturated carbocycles. The lowest BCUT2D eigenvalue weighted by molar-refractivity contribution is -0.150. The van der Waals surface area contributed by atoms with E-state index in [0.717, 1.165) is 24.0 Å². The Morgan fingerprint density at radius 2 is 1.00 bits per heavy atom. The average Bonchev–Trinajstić information content (AvgIpc) is 3.42. The molecule has 6 heteroatoms. The van der Waals surface area contributed by atoms with Crippen molar-refractivity contribution in [1.29, 1.82) is 0 Å². The standard InChI is InChI=1S/2C13H14O3/c2*1-16-13(15)12-10(7-8-11(12)14)9-5-3-2-4-6-9/h2*2-6,10,12H,7-8H2,1H3/t2*10-,12-/m10/s1. The summed E-state index contributed by atoms with van der Waals surface area (Å²) in [6, 6.07) is 19.4. The molecule has 0 aromatic heterocycles. The zero-order valence-electron chi connectivity index (χ0n) is 18.4. The molecule has 2 aliphatic carbocycles. The molecule has 6 nitrogen and oxygen atoms in total. The fraction of sp³-hybridized carbons (Fsp3) is 0.385. The predicted octanol–water partition coefficient (Wildman–Crippen LogP) is 3.84. The van der Waals surface area contributed by atoms with E-state index < -0.39 is 23.8 Å². The molecule has 0 saturated heterocycles. The summed E-state index contributed by atoms with van der Waals surface area (Å²) in [5.41, 5.74) is 2.09. The summed E-state index contributed by atoms with van der Waals surface area (Å²) in [6.07, 6.45) is 2.42. The van der Waals surface area contributed by atoms with E-state index in [1.165, 1.54) is 14.2 Å². The number of rotatable bonds is 4. The van der Waals surface area contributed by atoms with Crippen molar-refractivity contribution in [3.05, 3.63) is 71.8 Å². The first-order valence-corrected chi connectivity index (χ1v) is 10.8. The second-order valence-corrected chi connectivity index (χ2v) is 8.05. The van der Waals surface area contributed by atoms with Gasteiger partial charge in [-0.1, -0.05) is 60.7 Å². The summed E-state index contributed by atoms with van der Waals surface area (Å²) < 4.78 is 9.39. The predicted molar refractivity (Wildman–Crippen MR) is 118 cm³/mol. The molecular weight excluding hydrogens is 408 g/mol. The molecule has 0 amide bonds. The highest BCUT2D eigenvalue weighted by molar-refractivity contribution is 6.02. The summed E-state index contributed by atoms with van der Waals surface area (Å²) in [4.78, 5) is 46.4. The van der Waals surface area contributed by atoms with Crippen LogP contribution in [0, 0.1) is 11.8 Å². The van der Waals surface area contributed by atoms with Crippen LogP contribution in [0.1, 0.15) is 48.6 Å². The van der Waals surface area contributed by atoms with E-state index in [2.05, 4.69) is 0 Å². The van der Waals surface area contributed by atoms with Crippen molar-refractivity contribution >= 4 is 23.5 Å². The van der Waals surface area contributed by atoms with Crippen molar-refractivity contribution in [1.82, 2.24) is 0 Å². The molecule has 168 valence electrons. The molecule has 0 N–H and O–H groups in total. The zero-order valence-corrected chi connectivity index (χ0v) is 18.4. The normalized spacial score (nSPS) is 24.4. The molecular formula is C26H28O6. The van der Waals surface area contributed by atoms with Crippen molar-refractivity contribution in [3.63, 3.8) is 0 Å². The van der Waals surface area contributed by atoms with Crippen LogP contribution in [0.3, 0.4) is 0 Å². The van der Waals surface area contributed by atoms with E-state index >= 15 is 0 Å². The number of ketones is 2. The van der Waals surface area contributed by atoms with Crippen LogP contribution < -0.4 is 0 Å². The number of carbonyl (C=O) groups is 4. The van der Waals surface area contributed by atoms with Crippen molar-refractivity contribution in [2.24, 2.45) is 11.8 Å². The summed E-state index contributed by atoms with van der Waals surface area (Å²) in [6.45, 7) is 0. The van der Waals surface area contributed by atoms with Crippen LogP contribution in [-0.4, -0.2) is 37.7 Å². The zero-order chi connectivity index (χ0) is 23.1. The Balaban J connectivity index is 0.000000181. The largest absolute Gasteiger partial charge is 0.468 e. The van der Waals surface area contributed by atoms with Crippen LogP contribution >= 0.6 is 0 Å². The first-order valence-electron chi connectivity index (χ1n) is 10.8. The van der Waals surface area contributed by atoms with Gasteiger partial charge in [0.2, 0.25) is 0 Å². The highest BCUT2D eigenvalue weighted by Crippen LogP contribution is 2.38. The molecule has 2 fully saturated rings. The van der Waals surface area contributed by atoms with Crippen molar-refractivity contribution in [2.75, 3.05) is 14.2 Å². The van der Waals surface area contributed by atoms with Crippen molar-refractivity contribution in [3.8, 4) is 0 Å². The minimum absolute atomic E-state index is 0.000651. The Kier molecular flexibility index (Phi) is 7.92. The van der Waals surface area contributed by atoms with E-state index in [-0.39, 0.29) is 23.4 Å². The van der Waals surface area contributed by atoms with Crippen LogP contribution in [0.5, 0.6) is 0 Å². The number of hydrogen-bond acceptors (Lipinski definition) is 6. The van der Waals surface area contributed by atoms with Gasteiger partial charge in [0.15, 0.2) is 0 Å². The molecule has 0 spiro atoms. The lowest BCUT2D eigenvalue weighted by Gasteiger charge is -2.16. The number of Topliss-reactive ketones (excluding diaryl/α,β-unsaturated/α-hetero) is 2. The number of esters is 2.